The molecule has 0 saturated heterocycles. The molecule has 0 spiro atoms. The van der Waals surface area contributed by atoms with E-state index in [2.05, 4.69) is 10.2 Å². The summed E-state index contributed by atoms with van der Waals surface area (Å²) in [5, 5.41) is 8.31. The second-order valence-corrected chi connectivity index (χ2v) is 8.92. The maximum atomic E-state index is 12.2. The molecule has 0 fully saturated rings. The molecule has 1 aromatic carbocycles. The normalized spacial score (nSPS) is 11.7. The van der Waals surface area contributed by atoms with E-state index >= 15 is 0 Å². The van der Waals surface area contributed by atoms with Gasteiger partial charge in [-0.2, -0.15) is 0 Å². The Morgan fingerprint density at radius 1 is 1.30 bits per heavy atom. The lowest BCUT2D eigenvalue weighted by Crippen LogP contribution is -2.09. The molecule has 1 heterocycles. The molecule has 0 aliphatic heterocycles. The maximum Gasteiger partial charge on any atom is 0.203 e. The molecule has 0 bridgehead atoms. The highest BCUT2D eigenvalue weighted by Gasteiger charge is 2.19. The minimum atomic E-state index is -3.49. The van der Waals surface area contributed by atoms with Crippen LogP contribution < -0.4 is 5.73 Å². The summed E-state index contributed by atoms with van der Waals surface area (Å²) in [6.45, 7) is 0. The largest absolute Gasteiger partial charge is 0.374 e. The first-order valence-corrected chi connectivity index (χ1v) is 9.49. The Balaban J connectivity index is 2.06. The van der Waals surface area contributed by atoms with E-state index in [0.717, 1.165) is 0 Å². The smallest absolute Gasteiger partial charge is 0.203 e. The van der Waals surface area contributed by atoms with Gasteiger partial charge in [0.2, 0.25) is 5.13 Å². The van der Waals surface area contributed by atoms with E-state index < -0.39 is 9.84 Å². The Labute approximate surface area is 134 Å². The van der Waals surface area contributed by atoms with Crippen LogP contribution in [-0.4, -0.2) is 30.1 Å². The van der Waals surface area contributed by atoms with Gasteiger partial charge in [0.15, 0.2) is 14.2 Å². The van der Waals surface area contributed by atoms with Gasteiger partial charge in [0.1, 0.15) is 0 Å². The van der Waals surface area contributed by atoms with Gasteiger partial charge < -0.3 is 5.73 Å². The number of benzene rings is 1. The summed E-state index contributed by atoms with van der Waals surface area (Å²) in [5.74, 6) is 0.261. The lowest BCUT2D eigenvalue weighted by atomic mass is 10.4. The van der Waals surface area contributed by atoms with Crippen LogP contribution in [0.2, 0.25) is 10.0 Å². The summed E-state index contributed by atoms with van der Waals surface area (Å²) in [5.41, 5.74) is 5.44. The van der Waals surface area contributed by atoms with Gasteiger partial charge in [-0.3, -0.25) is 0 Å². The Morgan fingerprint density at radius 2 is 2.05 bits per heavy atom. The molecule has 5 nitrogen and oxygen atoms in total. The summed E-state index contributed by atoms with van der Waals surface area (Å²) < 4.78 is 25.0. The third kappa shape index (κ3) is 3.98. The van der Waals surface area contributed by atoms with Gasteiger partial charge in [-0.05, 0) is 18.2 Å². The van der Waals surface area contributed by atoms with Gasteiger partial charge in [-0.25, -0.2) is 8.42 Å². The van der Waals surface area contributed by atoms with Crippen LogP contribution in [0.15, 0.2) is 27.4 Å². The predicted octanol–water partition coefficient (Wildman–Crippen LogP) is 2.99. The summed E-state index contributed by atoms with van der Waals surface area (Å²) in [7, 11) is -3.49. The van der Waals surface area contributed by atoms with E-state index in [1.54, 1.807) is 6.07 Å². The van der Waals surface area contributed by atoms with Crippen LogP contribution in [-0.2, 0) is 9.84 Å². The van der Waals surface area contributed by atoms with Gasteiger partial charge >= 0.3 is 0 Å². The van der Waals surface area contributed by atoms with Crippen LogP contribution in [0.5, 0.6) is 0 Å². The molecule has 20 heavy (non-hydrogen) atoms. The zero-order valence-corrected chi connectivity index (χ0v) is 13.9. The summed E-state index contributed by atoms with van der Waals surface area (Å²) in [6.07, 6.45) is 0. The van der Waals surface area contributed by atoms with Gasteiger partial charge in [0.05, 0.1) is 15.7 Å². The molecule has 0 atom stereocenters. The van der Waals surface area contributed by atoms with E-state index in [4.69, 9.17) is 28.9 Å². The topological polar surface area (TPSA) is 85.9 Å². The molecule has 0 saturated carbocycles. The first-order valence-electron chi connectivity index (χ1n) is 5.28. The van der Waals surface area contributed by atoms with Gasteiger partial charge in [-0.1, -0.05) is 46.3 Å². The third-order valence-electron chi connectivity index (χ3n) is 2.23. The van der Waals surface area contributed by atoms with Crippen LogP contribution in [0.1, 0.15) is 0 Å². The molecule has 0 aliphatic carbocycles. The number of halogens is 2. The van der Waals surface area contributed by atoms with Crippen molar-refractivity contribution in [3.63, 3.8) is 0 Å². The lowest BCUT2D eigenvalue weighted by molar-refractivity contribution is 0.597. The summed E-state index contributed by atoms with van der Waals surface area (Å²) >= 11 is 14.2. The number of nitrogens with two attached hydrogens (primary N) is 1. The summed E-state index contributed by atoms with van der Waals surface area (Å²) in [6, 6.07) is 4.36. The lowest BCUT2D eigenvalue weighted by Gasteiger charge is -2.06. The van der Waals surface area contributed by atoms with Crippen molar-refractivity contribution >= 4 is 61.3 Å². The molecule has 0 radical (unpaired) electrons. The SMILES string of the molecule is Nc1nnc(SCCS(=O)(=O)c2cc(Cl)ccc2Cl)s1. The molecular weight excluding hydrogens is 361 g/mol. The van der Waals surface area contributed by atoms with Gasteiger partial charge in [0.25, 0.3) is 0 Å². The van der Waals surface area contributed by atoms with E-state index in [-0.39, 0.29) is 15.7 Å². The molecular formula is C10H9Cl2N3O2S3. The Morgan fingerprint density at radius 3 is 2.70 bits per heavy atom. The molecule has 0 unspecified atom stereocenters. The van der Waals surface area contributed by atoms with Crippen molar-refractivity contribution in [3.05, 3.63) is 28.2 Å². The number of hydrogen-bond acceptors (Lipinski definition) is 7. The van der Waals surface area contributed by atoms with E-state index in [9.17, 15) is 8.42 Å². The van der Waals surface area contributed by atoms with Crippen molar-refractivity contribution < 1.29 is 8.42 Å². The van der Waals surface area contributed by atoms with Crippen molar-refractivity contribution in [2.24, 2.45) is 0 Å². The highest BCUT2D eigenvalue weighted by atomic mass is 35.5. The molecule has 108 valence electrons. The second kappa shape index (κ2) is 6.48. The number of sulfone groups is 1. The fraction of sp³-hybridized carbons (Fsp3) is 0.200. The number of nitrogens with zero attached hydrogens (tertiary/aromatic N) is 2. The molecule has 0 aliphatic rings. The molecule has 0 amide bonds. The van der Waals surface area contributed by atoms with Crippen molar-refractivity contribution in [2.75, 3.05) is 17.2 Å². The zero-order chi connectivity index (χ0) is 14.8. The van der Waals surface area contributed by atoms with Crippen molar-refractivity contribution in [1.29, 1.82) is 0 Å². The quantitative estimate of drug-likeness (QED) is 0.815. The number of hydrogen-bond donors (Lipinski definition) is 1. The number of thioether (sulfide) groups is 1. The average molecular weight is 370 g/mol. The van der Waals surface area contributed by atoms with Crippen LogP contribution in [0, 0.1) is 0 Å². The monoisotopic (exact) mass is 369 g/mol. The van der Waals surface area contributed by atoms with Gasteiger partial charge in [-0.15, -0.1) is 10.2 Å². The molecule has 2 aromatic rings. The third-order valence-corrected chi connectivity index (χ3v) is 6.80. The minimum absolute atomic E-state index is 0.0454. The van der Waals surface area contributed by atoms with E-state index in [1.165, 1.54) is 35.2 Å². The first kappa shape index (κ1) is 15.8. The van der Waals surface area contributed by atoms with Gasteiger partial charge in [0, 0.05) is 10.8 Å². The Kier molecular flexibility index (Phi) is 5.14. The number of aromatic nitrogens is 2. The standard InChI is InChI=1S/C10H9Cl2N3O2S3/c11-6-1-2-7(12)8(5-6)20(16,17)4-3-18-10-15-14-9(13)19-10/h1-2,5H,3-4H2,(H2,13,14). The Bertz CT molecular complexity index is 718. The van der Waals surface area contributed by atoms with Crippen LogP contribution >= 0.6 is 46.3 Å². The molecule has 2 N–H and O–H groups in total. The molecule has 10 heteroatoms. The number of rotatable bonds is 5. The van der Waals surface area contributed by atoms with E-state index in [1.807, 2.05) is 0 Å². The van der Waals surface area contributed by atoms with Crippen molar-refractivity contribution in [3.8, 4) is 0 Å². The highest BCUT2D eigenvalue weighted by Crippen LogP contribution is 2.28. The molecule has 1 aromatic heterocycles. The number of nitrogen functional groups attached to an aromatic ring is 1. The summed E-state index contributed by atoms with van der Waals surface area (Å²) in [4.78, 5) is 0.0454. The molecule has 2 rings (SSSR count). The maximum absolute atomic E-state index is 12.2. The van der Waals surface area contributed by atoms with Crippen LogP contribution in [0.25, 0.3) is 0 Å². The Hall–Kier alpha value is -0.540. The first-order chi connectivity index (χ1) is 9.38. The van der Waals surface area contributed by atoms with Crippen LogP contribution in [0.4, 0.5) is 5.13 Å². The fourth-order valence-electron chi connectivity index (χ4n) is 1.34. The zero-order valence-electron chi connectivity index (χ0n) is 9.92. The van der Waals surface area contributed by atoms with Crippen molar-refractivity contribution in [1.82, 2.24) is 10.2 Å². The fourth-order valence-corrected chi connectivity index (χ4v) is 5.51. The van der Waals surface area contributed by atoms with Crippen LogP contribution in [0.3, 0.4) is 0 Å². The minimum Gasteiger partial charge on any atom is -0.374 e. The predicted molar refractivity (Wildman–Crippen MR) is 83.6 cm³/mol. The highest BCUT2D eigenvalue weighted by molar-refractivity contribution is 8.02. The average Bonchev–Trinajstić information content (AvgIpc) is 2.78. The van der Waals surface area contributed by atoms with Crippen molar-refractivity contribution in [2.45, 2.75) is 9.24 Å². The second-order valence-electron chi connectivity index (χ2n) is 3.65. The van der Waals surface area contributed by atoms with E-state index in [0.29, 0.717) is 20.2 Å². The number of anilines is 1.